The standard InChI is InChI=1S/C25H26BrFN4O2S/c1-17-20(15-18-7-9-19(26)10-8-18)24(33)29(2)25(28-17)34-16-23(32)31-13-11-30(12-14-31)22-6-4-3-5-21(22)27/h3-10H,11-16H2,1-2H3. The Morgan fingerprint density at radius 2 is 1.76 bits per heavy atom. The molecule has 1 aliphatic rings. The summed E-state index contributed by atoms with van der Waals surface area (Å²) in [5, 5.41) is 0.528. The maximum Gasteiger partial charge on any atom is 0.257 e. The van der Waals surface area contributed by atoms with Crippen LogP contribution in [0.5, 0.6) is 0 Å². The highest BCUT2D eigenvalue weighted by molar-refractivity contribution is 9.10. The van der Waals surface area contributed by atoms with E-state index in [1.165, 1.54) is 22.4 Å². The van der Waals surface area contributed by atoms with Gasteiger partial charge < -0.3 is 9.80 Å². The van der Waals surface area contributed by atoms with E-state index in [4.69, 9.17) is 0 Å². The van der Waals surface area contributed by atoms with Crippen LogP contribution < -0.4 is 10.5 Å². The van der Waals surface area contributed by atoms with Crippen molar-refractivity contribution in [2.75, 3.05) is 36.8 Å². The normalized spacial score (nSPS) is 13.9. The van der Waals surface area contributed by atoms with Gasteiger partial charge in [-0.2, -0.15) is 0 Å². The quantitative estimate of drug-likeness (QED) is 0.346. The summed E-state index contributed by atoms with van der Waals surface area (Å²) in [7, 11) is 1.69. The molecule has 0 saturated carbocycles. The third kappa shape index (κ3) is 5.52. The molecule has 0 spiro atoms. The van der Waals surface area contributed by atoms with Gasteiger partial charge >= 0.3 is 0 Å². The number of para-hydroxylation sites is 1. The summed E-state index contributed by atoms with van der Waals surface area (Å²) in [5.74, 6) is -0.0568. The summed E-state index contributed by atoms with van der Waals surface area (Å²) >= 11 is 4.70. The molecule has 0 aliphatic carbocycles. The lowest BCUT2D eigenvalue weighted by molar-refractivity contribution is -0.128. The molecule has 0 unspecified atom stereocenters. The number of aromatic nitrogens is 2. The van der Waals surface area contributed by atoms with Gasteiger partial charge in [-0.05, 0) is 36.8 Å². The Balaban J connectivity index is 1.37. The molecule has 0 N–H and O–H groups in total. The first-order chi connectivity index (χ1) is 16.3. The lowest BCUT2D eigenvalue weighted by Gasteiger charge is -2.36. The Kier molecular flexibility index (Phi) is 7.73. The van der Waals surface area contributed by atoms with Crippen molar-refractivity contribution < 1.29 is 9.18 Å². The summed E-state index contributed by atoms with van der Waals surface area (Å²) < 4.78 is 16.6. The summed E-state index contributed by atoms with van der Waals surface area (Å²) in [6.45, 7) is 4.07. The first kappa shape index (κ1) is 24.5. The molecule has 0 atom stereocenters. The highest BCUT2D eigenvalue weighted by Crippen LogP contribution is 2.22. The Hall–Kier alpha value is -2.65. The van der Waals surface area contributed by atoms with Gasteiger partial charge in [-0.1, -0.05) is 52.0 Å². The number of anilines is 1. The number of carbonyl (C=O) groups excluding carboxylic acids is 1. The fraction of sp³-hybridized carbons (Fsp3) is 0.320. The van der Waals surface area contributed by atoms with Crippen LogP contribution in [0.1, 0.15) is 16.8 Å². The molecule has 6 nitrogen and oxygen atoms in total. The maximum atomic E-state index is 14.0. The summed E-state index contributed by atoms with van der Waals surface area (Å²) in [5.41, 5.74) is 2.85. The van der Waals surface area contributed by atoms with E-state index in [0.29, 0.717) is 54.7 Å². The number of hydrogen-bond acceptors (Lipinski definition) is 5. The topological polar surface area (TPSA) is 58.4 Å². The van der Waals surface area contributed by atoms with Crippen LogP contribution in [0.2, 0.25) is 0 Å². The second kappa shape index (κ2) is 10.7. The van der Waals surface area contributed by atoms with E-state index >= 15 is 0 Å². The van der Waals surface area contributed by atoms with E-state index in [9.17, 15) is 14.0 Å². The average Bonchev–Trinajstić information content (AvgIpc) is 2.84. The molecule has 1 aliphatic heterocycles. The number of hydrogen-bond donors (Lipinski definition) is 0. The Bertz CT molecular complexity index is 1240. The Morgan fingerprint density at radius 1 is 1.09 bits per heavy atom. The zero-order valence-electron chi connectivity index (χ0n) is 19.1. The van der Waals surface area contributed by atoms with E-state index in [0.717, 1.165) is 10.0 Å². The lowest BCUT2D eigenvalue weighted by Crippen LogP contribution is -2.49. The lowest BCUT2D eigenvalue weighted by atomic mass is 10.1. The van der Waals surface area contributed by atoms with Crippen LogP contribution in [0.3, 0.4) is 0 Å². The molecule has 34 heavy (non-hydrogen) atoms. The number of piperazine rings is 1. The number of nitrogens with zero attached hydrogens (tertiary/aromatic N) is 4. The number of amides is 1. The molecule has 1 saturated heterocycles. The van der Waals surface area contributed by atoms with Crippen LogP contribution in [-0.4, -0.2) is 52.3 Å². The minimum Gasteiger partial charge on any atom is -0.366 e. The molecule has 3 aromatic rings. The molecule has 2 heterocycles. The third-order valence-electron chi connectivity index (χ3n) is 5.99. The molecule has 1 aromatic heterocycles. The molecule has 9 heteroatoms. The first-order valence-electron chi connectivity index (χ1n) is 11.0. The van der Waals surface area contributed by atoms with Crippen molar-refractivity contribution in [3.8, 4) is 0 Å². The highest BCUT2D eigenvalue weighted by Gasteiger charge is 2.23. The monoisotopic (exact) mass is 544 g/mol. The van der Waals surface area contributed by atoms with Crippen LogP contribution in [0.15, 0.2) is 63.0 Å². The van der Waals surface area contributed by atoms with Crippen LogP contribution in [-0.2, 0) is 18.3 Å². The average molecular weight is 545 g/mol. The van der Waals surface area contributed by atoms with E-state index in [1.807, 2.05) is 42.2 Å². The molecule has 1 fully saturated rings. The molecule has 0 bridgehead atoms. The number of carbonyl (C=O) groups is 1. The number of benzene rings is 2. The van der Waals surface area contributed by atoms with E-state index in [2.05, 4.69) is 20.9 Å². The minimum absolute atomic E-state index is 0.0102. The summed E-state index contributed by atoms with van der Waals surface area (Å²) in [6.07, 6.45) is 0.509. The number of thioether (sulfide) groups is 1. The second-order valence-electron chi connectivity index (χ2n) is 8.23. The van der Waals surface area contributed by atoms with Gasteiger partial charge in [0, 0.05) is 55.4 Å². The predicted octanol–water partition coefficient (Wildman–Crippen LogP) is 4.02. The fourth-order valence-electron chi connectivity index (χ4n) is 3.99. The summed E-state index contributed by atoms with van der Waals surface area (Å²) in [4.78, 5) is 34.2. The number of aryl methyl sites for hydroxylation is 1. The molecule has 4 rings (SSSR count). The zero-order chi connectivity index (χ0) is 24.2. The molecular formula is C25H26BrFN4O2S. The first-order valence-corrected chi connectivity index (χ1v) is 12.8. The molecule has 0 radical (unpaired) electrons. The largest absolute Gasteiger partial charge is 0.366 e. The smallest absolute Gasteiger partial charge is 0.257 e. The van der Waals surface area contributed by atoms with E-state index in [1.54, 1.807) is 24.1 Å². The van der Waals surface area contributed by atoms with Crippen molar-refractivity contribution >= 4 is 39.3 Å². The van der Waals surface area contributed by atoms with Crippen molar-refractivity contribution in [2.24, 2.45) is 7.05 Å². The third-order valence-corrected chi connectivity index (χ3v) is 7.54. The molecule has 178 valence electrons. The van der Waals surface area contributed by atoms with E-state index < -0.39 is 0 Å². The highest BCUT2D eigenvalue weighted by atomic mass is 79.9. The Labute approximate surface area is 210 Å². The van der Waals surface area contributed by atoms with Gasteiger partial charge in [-0.25, -0.2) is 9.37 Å². The minimum atomic E-state index is -0.247. The van der Waals surface area contributed by atoms with E-state index in [-0.39, 0.29) is 23.0 Å². The van der Waals surface area contributed by atoms with Gasteiger partial charge in [0.15, 0.2) is 5.16 Å². The van der Waals surface area contributed by atoms with Gasteiger partial charge in [0.2, 0.25) is 5.91 Å². The number of halogens is 2. The zero-order valence-corrected chi connectivity index (χ0v) is 21.5. The summed E-state index contributed by atoms with van der Waals surface area (Å²) in [6, 6.07) is 14.6. The molecule has 2 aromatic carbocycles. The van der Waals surface area contributed by atoms with Gasteiger partial charge in [-0.15, -0.1) is 0 Å². The van der Waals surface area contributed by atoms with Crippen LogP contribution in [0, 0.1) is 12.7 Å². The van der Waals surface area contributed by atoms with Crippen LogP contribution in [0.25, 0.3) is 0 Å². The maximum absolute atomic E-state index is 14.0. The van der Waals surface area contributed by atoms with Gasteiger partial charge in [0.05, 0.1) is 11.4 Å². The SMILES string of the molecule is Cc1nc(SCC(=O)N2CCN(c3ccccc3F)CC2)n(C)c(=O)c1Cc1ccc(Br)cc1. The van der Waals surface area contributed by atoms with Gasteiger partial charge in [-0.3, -0.25) is 14.2 Å². The molecular weight excluding hydrogens is 519 g/mol. The fourth-order valence-corrected chi connectivity index (χ4v) is 5.17. The van der Waals surface area contributed by atoms with Crippen LogP contribution in [0.4, 0.5) is 10.1 Å². The van der Waals surface area contributed by atoms with Crippen molar-refractivity contribution in [1.29, 1.82) is 0 Å². The van der Waals surface area contributed by atoms with Gasteiger partial charge in [0.25, 0.3) is 5.56 Å². The predicted molar refractivity (Wildman–Crippen MR) is 137 cm³/mol. The van der Waals surface area contributed by atoms with Crippen molar-refractivity contribution in [1.82, 2.24) is 14.5 Å². The van der Waals surface area contributed by atoms with Crippen molar-refractivity contribution in [3.05, 3.63) is 86.0 Å². The van der Waals surface area contributed by atoms with Gasteiger partial charge in [0.1, 0.15) is 5.82 Å². The Morgan fingerprint density at radius 3 is 2.44 bits per heavy atom. The van der Waals surface area contributed by atoms with Crippen molar-refractivity contribution in [2.45, 2.75) is 18.5 Å². The number of rotatable bonds is 6. The van der Waals surface area contributed by atoms with Crippen molar-refractivity contribution in [3.63, 3.8) is 0 Å². The second-order valence-corrected chi connectivity index (χ2v) is 10.1. The van der Waals surface area contributed by atoms with Crippen LogP contribution >= 0.6 is 27.7 Å². The molecule has 1 amide bonds.